The number of ether oxygens (including phenoxy) is 2. The highest BCUT2D eigenvalue weighted by Gasteiger charge is 2.25. The van der Waals surface area contributed by atoms with Crippen molar-refractivity contribution in [2.75, 3.05) is 40.0 Å². The Morgan fingerprint density at radius 3 is 2.17 bits per heavy atom. The SMILES string of the molecule is COc1ccc(C(CNS(=O)(=O)c2ccc(C(C)(C)C)cc2)N2CCOCC2)cc1. The number of morpholine rings is 1. The van der Waals surface area contributed by atoms with Gasteiger partial charge in [0.25, 0.3) is 0 Å². The fourth-order valence-electron chi connectivity index (χ4n) is 3.58. The molecule has 6 nitrogen and oxygen atoms in total. The summed E-state index contributed by atoms with van der Waals surface area (Å²) in [6, 6.07) is 14.8. The molecule has 1 fully saturated rings. The Morgan fingerprint density at radius 2 is 1.63 bits per heavy atom. The van der Waals surface area contributed by atoms with Crippen LogP contribution in [0.3, 0.4) is 0 Å². The third kappa shape index (κ3) is 5.60. The minimum Gasteiger partial charge on any atom is -0.497 e. The Balaban J connectivity index is 1.78. The number of methoxy groups -OCH3 is 1. The first-order chi connectivity index (χ1) is 14.2. The molecule has 7 heteroatoms. The van der Waals surface area contributed by atoms with Gasteiger partial charge in [-0.2, -0.15) is 0 Å². The lowest BCUT2D eigenvalue weighted by molar-refractivity contribution is 0.0172. The zero-order valence-electron chi connectivity index (χ0n) is 18.2. The zero-order valence-corrected chi connectivity index (χ0v) is 19.0. The van der Waals surface area contributed by atoms with Crippen LogP contribution in [0.2, 0.25) is 0 Å². The highest BCUT2D eigenvalue weighted by atomic mass is 32.2. The van der Waals surface area contributed by atoms with Gasteiger partial charge < -0.3 is 9.47 Å². The standard InChI is InChI=1S/C23H32N2O4S/c1-23(2,3)19-7-11-21(12-8-19)30(26,27)24-17-22(25-13-15-29-16-14-25)18-5-9-20(28-4)10-6-18/h5-12,22,24H,13-17H2,1-4H3. The second kappa shape index (κ2) is 9.47. The maximum absolute atomic E-state index is 12.9. The molecule has 1 aliphatic rings. The predicted molar refractivity (Wildman–Crippen MR) is 118 cm³/mol. The van der Waals surface area contributed by atoms with E-state index >= 15 is 0 Å². The quantitative estimate of drug-likeness (QED) is 0.727. The van der Waals surface area contributed by atoms with E-state index in [0.29, 0.717) is 13.2 Å². The fourth-order valence-corrected chi connectivity index (χ4v) is 4.62. The van der Waals surface area contributed by atoms with Crippen LogP contribution in [0.1, 0.15) is 37.9 Å². The molecule has 164 valence electrons. The summed E-state index contributed by atoms with van der Waals surface area (Å²) in [5, 5.41) is 0. The molecule has 2 aromatic carbocycles. The lowest BCUT2D eigenvalue weighted by atomic mass is 9.87. The second-order valence-electron chi connectivity index (χ2n) is 8.56. The molecule has 30 heavy (non-hydrogen) atoms. The smallest absolute Gasteiger partial charge is 0.240 e. The molecule has 1 atom stereocenters. The zero-order chi connectivity index (χ0) is 21.8. The highest BCUT2D eigenvalue weighted by molar-refractivity contribution is 7.89. The number of nitrogens with zero attached hydrogens (tertiary/aromatic N) is 1. The molecule has 0 aliphatic carbocycles. The molecule has 1 N–H and O–H groups in total. The molecule has 0 spiro atoms. The normalized spacial score (nSPS) is 16.9. The first-order valence-electron chi connectivity index (χ1n) is 10.3. The van der Waals surface area contributed by atoms with Gasteiger partial charge >= 0.3 is 0 Å². The van der Waals surface area contributed by atoms with Crippen molar-refractivity contribution in [3.8, 4) is 5.75 Å². The minimum atomic E-state index is -3.61. The summed E-state index contributed by atoms with van der Waals surface area (Å²) in [7, 11) is -1.98. The number of hydrogen-bond acceptors (Lipinski definition) is 5. The average molecular weight is 433 g/mol. The van der Waals surface area contributed by atoms with Gasteiger partial charge in [0.05, 0.1) is 25.2 Å². The average Bonchev–Trinajstić information content (AvgIpc) is 2.74. The Morgan fingerprint density at radius 1 is 1.03 bits per heavy atom. The molecular weight excluding hydrogens is 400 g/mol. The van der Waals surface area contributed by atoms with E-state index in [1.54, 1.807) is 19.2 Å². The number of nitrogens with one attached hydrogen (secondary N) is 1. The van der Waals surface area contributed by atoms with Gasteiger partial charge in [0.2, 0.25) is 10.0 Å². The summed E-state index contributed by atoms with van der Waals surface area (Å²) in [4.78, 5) is 2.54. The maximum Gasteiger partial charge on any atom is 0.240 e. The van der Waals surface area contributed by atoms with Gasteiger partial charge in [-0.3, -0.25) is 4.90 Å². The van der Waals surface area contributed by atoms with Crippen LogP contribution in [0.5, 0.6) is 5.75 Å². The molecule has 1 unspecified atom stereocenters. The number of hydrogen-bond donors (Lipinski definition) is 1. The molecule has 0 aromatic heterocycles. The third-order valence-corrected chi connectivity index (χ3v) is 6.92. The first kappa shape index (κ1) is 22.7. The number of benzene rings is 2. The van der Waals surface area contributed by atoms with Crippen LogP contribution in [0, 0.1) is 0 Å². The van der Waals surface area contributed by atoms with Crippen molar-refractivity contribution < 1.29 is 17.9 Å². The topological polar surface area (TPSA) is 67.9 Å². The van der Waals surface area contributed by atoms with E-state index in [2.05, 4.69) is 30.4 Å². The second-order valence-corrected chi connectivity index (χ2v) is 10.3. The van der Waals surface area contributed by atoms with Crippen molar-refractivity contribution in [2.24, 2.45) is 0 Å². The monoisotopic (exact) mass is 432 g/mol. The van der Waals surface area contributed by atoms with Gasteiger partial charge in [-0.15, -0.1) is 0 Å². The van der Waals surface area contributed by atoms with E-state index in [0.717, 1.165) is 30.0 Å². The molecule has 0 amide bonds. The van der Waals surface area contributed by atoms with Gasteiger partial charge in [0.1, 0.15) is 5.75 Å². The molecule has 0 saturated carbocycles. The molecule has 2 aromatic rings. The molecule has 1 aliphatic heterocycles. The van der Waals surface area contributed by atoms with Crippen LogP contribution < -0.4 is 9.46 Å². The molecule has 0 bridgehead atoms. The van der Waals surface area contributed by atoms with Crippen molar-refractivity contribution in [3.63, 3.8) is 0 Å². The summed E-state index contributed by atoms with van der Waals surface area (Å²) >= 11 is 0. The summed E-state index contributed by atoms with van der Waals surface area (Å²) in [5.41, 5.74) is 2.13. The summed E-state index contributed by atoms with van der Waals surface area (Å²) in [6.07, 6.45) is 0. The van der Waals surface area contributed by atoms with E-state index in [9.17, 15) is 8.42 Å². The third-order valence-electron chi connectivity index (χ3n) is 5.48. The summed E-state index contributed by atoms with van der Waals surface area (Å²) < 4.78 is 39.4. The number of sulfonamides is 1. The Bertz CT molecular complexity index is 913. The molecular formula is C23H32N2O4S. The van der Waals surface area contributed by atoms with E-state index in [4.69, 9.17) is 9.47 Å². The van der Waals surface area contributed by atoms with Crippen LogP contribution in [0.25, 0.3) is 0 Å². The van der Waals surface area contributed by atoms with Crippen molar-refractivity contribution in [1.29, 1.82) is 0 Å². The van der Waals surface area contributed by atoms with E-state index in [1.807, 2.05) is 36.4 Å². The molecule has 0 radical (unpaired) electrons. The van der Waals surface area contributed by atoms with Crippen LogP contribution in [0.15, 0.2) is 53.4 Å². The molecule has 1 heterocycles. The van der Waals surface area contributed by atoms with Crippen LogP contribution in [-0.4, -0.2) is 53.3 Å². The van der Waals surface area contributed by atoms with Gasteiger partial charge in [-0.1, -0.05) is 45.0 Å². The molecule has 1 saturated heterocycles. The van der Waals surface area contributed by atoms with Gasteiger partial charge in [0.15, 0.2) is 0 Å². The largest absolute Gasteiger partial charge is 0.497 e. The Kier molecular flexibility index (Phi) is 7.18. The van der Waals surface area contributed by atoms with Crippen molar-refractivity contribution in [1.82, 2.24) is 9.62 Å². The maximum atomic E-state index is 12.9. The fraction of sp³-hybridized carbons (Fsp3) is 0.478. The predicted octanol–water partition coefficient (Wildman–Crippen LogP) is 3.34. The van der Waals surface area contributed by atoms with Gasteiger partial charge in [-0.05, 0) is 40.8 Å². The van der Waals surface area contributed by atoms with Crippen molar-refractivity contribution in [3.05, 3.63) is 59.7 Å². The number of rotatable bonds is 7. The van der Waals surface area contributed by atoms with Crippen LogP contribution in [-0.2, 0) is 20.2 Å². The minimum absolute atomic E-state index is 0.0223. The molecule has 3 rings (SSSR count). The van der Waals surface area contributed by atoms with Crippen molar-refractivity contribution in [2.45, 2.75) is 37.1 Å². The van der Waals surface area contributed by atoms with Gasteiger partial charge in [-0.25, -0.2) is 13.1 Å². The Hall–Kier alpha value is -1.93. The van der Waals surface area contributed by atoms with Crippen LogP contribution >= 0.6 is 0 Å². The Labute approximate surface area is 180 Å². The van der Waals surface area contributed by atoms with E-state index in [1.165, 1.54) is 0 Å². The van der Waals surface area contributed by atoms with Crippen LogP contribution in [0.4, 0.5) is 0 Å². The summed E-state index contributed by atoms with van der Waals surface area (Å²) in [6.45, 7) is 9.43. The first-order valence-corrected chi connectivity index (χ1v) is 11.7. The lowest BCUT2D eigenvalue weighted by Gasteiger charge is -2.35. The van der Waals surface area contributed by atoms with Gasteiger partial charge in [0, 0.05) is 25.7 Å². The van der Waals surface area contributed by atoms with E-state index < -0.39 is 10.0 Å². The van der Waals surface area contributed by atoms with E-state index in [-0.39, 0.29) is 22.9 Å². The van der Waals surface area contributed by atoms with Crippen molar-refractivity contribution >= 4 is 10.0 Å². The highest BCUT2D eigenvalue weighted by Crippen LogP contribution is 2.26. The summed E-state index contributed by atoms with van der Waals surface area (Å²) in [5.74, 6) is 0.777. The lowest BCUT2D eigenvalue weighted by Crippen LogP contribution is -2.43.